The van der Waals surface area contributed by atoms with Crippen LogP contribution in [0.1, 0.15) is 30.3 Å². The lowest BCUT2D eigenvalue weighted by Gasteiger charge is -2.29. The third-order valence-corrected chi connectivity index (χ3v) is 7.35. The Balaban J connectivity index is 1.55. The number of carbonyl (C=O) groups excluding carboxylic acids is 2. The number of benzene rings is 2. The van der Waals surface area contributed by atoms with Gasteiger partial charge in [0.15, 0.2) is 17.8 Å². The summed E-state index contributed by atoms with van der Waals surface area (Å²) < 4.78 is 17.0. The van der Waals surface area contributed by atoms with Gasteiger partial charge >= 0.3 is 0 Å². The van der Waals surface area contributed by atoms with Crippen molar-refractivity contribution in [3.63, 3.8) is 0 Å². The topological polar surface area (TPSA) is 85.3 Å². The number of aliphatic hydroxyl groups excluding tert-OH is 1. The molecule has 1 amide bonds. The van der Waals surface area contributed by atoms with Gasteiger partial charge in [0, 0.05) is 22.0 Å². The van der Waals surface area contributed by atoms with E-state index in [4.69, 9.17) is 14.2 Å². The molecule has 2 aliphatic rings. The first-order chi connectivity index (χ1) is 17.8. The van der Waals surface area contributed by atoms with Gasteiger partial charge in [-0.1, -0.05) is 44.2 Å². The Morgan fingerprint density at radius 2 is 1.81 bits per heavy atom. The lowest BCUT2D eigenvalue weighted by Crippen LogP contribution is -2.32. The molecule has 1 atom stereocenters. The van der Waals surface area contributed by atoms with Crippen molar-refractivity contribution in [2.45, 2.75) is 33.1 Å². The van der Waals surface area contributed by atoms with Crippen molar-refractivity contribution in [3.05, 3.63) is 81.8 Å². The quantitative estimate of drug-likeness (QED) is 0.417. The predicted molar refractivity (Wildman–Crippen MR) is 142 cm³/mol. The fraction of sp³-hybridized carbons (Fsp3) is 0.310. The first-order valence-corrected chi connectivity index (χ1v) is 13.1. The van der Waals surface area contributed by atoms with E-state index >= 15 is 0 Å². The van der Waals surface area contributed by atoms with Crippen molar-refractivity contribution >= 4 is 28.7 Å². The van der Waals surface area contributed by atoms with E-state index in [0.29, 0.717) is 30.2 Å². The summed E-state index contributed by atoms with van der Waals surface area (Å²) in [6.07, 6.45) is -0.483. The molecule has 0 radical (unpaired) electrons. The summed E-state index contributed by atoms with van der Waals surface area (Å²) in [5, 5.41) is 13.0. The number of para-hydroxylation sites is 1. The van der Waals surface area contributed by atoms with Crippen LogP contribution in [-0.2, 0) is 19.1 Å². The molecule has 0 aliphatic carbocycles. The van der Waals surface area contributed by atoms with Crippen LogP contribution in [0, 0.1) is 12.8 Å². The summed E-state index contributed by atoms with van der Waals surface area (Å²) in [6, 6.07) is 16.1. The Hall–Kier alpha value is -3.46. The zero-order valence-corrected chi connectivity index (χ0v) is 21.8. The summed E-state index contributed by atoms with van der Waals surface area (Å²) in [4.78, 5) is 29.4. The second kappa shape index (κ2) is 10.5. The van der Waals surface area contributed by atoms with E-state index < -0.39 is 29.9 Å². The largest absolute Gasteiger partial charge is 0.503 e. The molecule has 0 bridgehead atoms. The highest BCUT2D eigenvalue weighted by Gasteiger charge is 2.45. The highest BCUT2D eigenvalue weighted by molar-refractivity contribution is 7.10. The SMILES string of the molecule is Cc1cc(-c2ccc(N3C(=O)C(O)=C(C(=O)C(C)C)C3c3ccccc3OCC3OCCO3)cc2)cs1. The van der Waals surface area contributed by atoms with Crippen LogP contribution in [0.2, 0.25) is 0 Å². The van der Waals surface area contributed by atoms with Gasteiger partial charge in [0.05, 0.1) is 24.8 Å². The lowest BCUT2D eigenvalue weighted by molar-refractivity contribution is -0.119. The third-order valence-electron chi connectivity index (χ3n) is 6.49. The number of aryl methyl sites for hydroxylation is 1. The van der Waals surface area contributed by atoms with E-state index in [9.17, 15) is 14.7 Å². The number of rotatable bonds is 8. The normalized spacial score (nSPS) is 18.3. The van der Waals surface area contributed by atoms with Crippen LogP contribution in [0.5, 0.6) is 5.75 Å². The van der Waals surface area contributed by atoms with Crippen LogP contribution in [0.15, 0.2) is 71.3 Å². The summed E-state index contributed by atoms with van der Waals surface area (Å²) in [5.74, 6) is -1.37. The molecule has 2 aliphatic heterocycles. The van der Waals surface area contributed by atoms with Crippen molar-refractivity contribution in [1.82, 2.24) is 0 Å². The Labute approximate surface area is 219 Å². The van der Waals surface area contributed by atoms with Gasteiger partial charge < -0.3 is 19.3 Å². The fourth-order valence-electron chi connectivity index (χ4n) is 4.64. The average molecular weight is 520 g/mol. The molecule has 2 aromatic carbocycles. The number of nitrogens with zero attached hydrogens (tertiary/aromatic N) is 1. The van der Waals surface area contributed by atoms with Crippen LogP contribution < -0.4 is 9.64 Å². The van der Waals surface area contributed by atoms with Gasteiger partial charge in [-0.15, -0.1) is 11.3 Å². The summed E-state index contributed by atoms with van der Waals surface area (Å²) in [5.41, 5.74) is 3.36. The molecule has 1 fully saturated rings. The second-order valence-corrected chi connectivity index (χ2v) is 10.5. The first-order valence-electron chi connectivity index (χ1n) is 12.3. The molecular weight excluding hydrogens is 490 g/mol. The van der Waals surface area contributed by atoms with Gasteiger partial charge in [-0.05, 0) is 47.7 Å². The molecule has 5 rings (SSSR count). The second-order valence-electron chi connectivity index (χ2n) is 9.37. The maximum Gasteiger partial charge on any atom is 0.294 e. The highest BCUT2D eigenvalue weighted by Crippen LogP contribution is 2.45. The molecule has 1 unspecified atom stereocenters. The zero-order chi connectivity index (χ0) is 26.1. The molecule has 1 N–H and O–H groups in total. The summed E-state index contributed by atoms with van der Waals surface area (Å²) in [6.45, 7) is 6.73. The van der Waals surface area contributed by atoms with Crippen LogP contribution in [0.3, 0.4) is 0 Å². The van der Waals surface area contributed by atoms with Crippen molar-refractivity contribution in [1.29, 1.82) is 0 Å². The molecule has 3 heterocycles. The number of amides is 1. The molecule has 1 aromatic heterocycles. The van der Waals surface area contributed by atoms with Crippen molar-refractivity contribution in [3.8, 4) is 16.9 Å². The number of anilines is 1. The minimum Gasteiger partial charge on any atom is -0.503 e. The van der Waals surface area contributed by atoms with Gasteiger partial charge in [0.2, 0.25) is 0 Å². The Morgan fingerprint density at radius 1 is 1.11 bits per heavy atom. The van der Waals surface area contributed by atoms with E-state index in [0.717, 1.165) is 11.1 Å². The minimum atomic E-state index is -0.849. The van der Waals surface area contributed by atoms with Gasteiger partial charge in [-0.2, -0.15) is 0 Å². The van der Waals surface area contributed by atoms with Gasteiger partial charge in [-0.3, -0.25) is 14.5 Å². The van der Waals surface area contributed by atoms with E-state index in [1.54, 1.807) is 31.3 Å². The molecule has 0 saturated carbocycles. The van der Waals surface area contributed by atoms with Crippen molar-refractivity contribution < 1.29 is 28.9 Å². The smallest absolute Gasteiger partial charge is 0.294 e. The van der Waals surface area contributed by atoms with Crippen molar-refractivity contribution in [2.75, 3.05) is 24.7 Å². The molecule has 3 aromatic rings. The molecule has 8 heteroatoms. The summed E-state index contributed by atoms with van der Waals surface area (Å²) >= 11 is 1.67. The van der Waals surface area contributed by atoms with Gasteiger partial charge in [0.25, 0.3) is 5.91 Å². The molecular formula is C29H29NO6S. The molecule has 1 saturated heterocycles. The molecule has 7 nitrogen and oxygen atoms in total. The Morgan fingerprint density at radius 3 is 2.46 bits per heavy atom. The number of Topliss-reactive ketones (excluding diaryl/α,β-unsaturated/α-hetero) is 1. The zero-order valence-electron chi connectivity index (χ0n) is 21.0. The Bertz CT molecular complexity index is 1340. The summed E-state index contributed by atoms with van der Waals surface area (Å²) in [7, 11) is 0. The van der Waals surface area contributed by atoms with Crippen LogP contribution in [-0.4, -0.2) is 42.9 Å². The first kappa shape index (κ1) is 25.2. The van der Waals surface area contributed by atoms with Crippen molar-refractivity contribution in [2.24, 2.45) is 5.92 Å². The van der Waals surface area contributed by atoms with Crippen LogP contribution in [0.25, 0.3) is 11.1 Å². The standard InChI is InChI=1S/C29H29NO6S/c1-17(2)27(31)25-26(22-6-4-5-7-23(22)36-15-24-34-12-13-35-24)30(29(33)28(25)32)21-10-8-19(9-11-21)20-14-18(3)37-16-20/h4-11,14,16-17,24,26,32H,12-13,15H2,1-3H3. The number of ether oxygens (including phenoxy) is 3. The van der Waals surface area contributed by atoms with Crippen LogP contribution in [0.4, 0.5) is 5.69 Å². The molecule has 0 spiro atoms. The fourth-order valence-corrected chi connectivity index (χ4v) is 5.35. The van der Waals surface area contributed by atoms with E-state index in [1.807, 2.05) is 42.5 Å². The number of carbonyl (C=O) groups is 2. The lowest BCUT2D eigenvalue weighted by atomic mass is 9.90. The highest BCUT2D eigenvalue weighted by atomic mass is 32.1. The molecule has 192 valence electrons. The Kier molecular flexibility index (Phi) is 7.15. The van der Waals surface area contributed by atoms with E-state index in [2.05, 4.69) is 18.4 Å². The molecule has 37 heavy (non-hydrogen) atoms. The number of aliphatic hydroxyl groups is 1. The third kappa shape index (κ3) is 4.92. The maximum absolute atomic E-state index is 13.5. The monoisotopic (exact) mass is 519 g/mol. The average Bonchev–Trinajstić information content (AvgIpc) is 3.63. The number of thiophene rings is 1. The maximum atomic E-state index is 13.5. The van der Waals surface area contributed by atoms with Gasteiger partial charge in [0.1, 0.15) is 12.4 Å². The van der Waals surface area contributed by atoms with E-state index in [-0.39, 0.29) is 18.0 Å². The number of hydrogen-bond acceptors (Lipinski definition) is 7. The number of hydrogen-bond donors (Lipinski definition) is 1. The number of ketones is 1. The predicted octanol–water partition coefficient (Wildman–Crippen LogP) is 5.60. The van der Waals surface area contributed by atoms with Gasteiger partial charge in [-0.25, -0.2) is 0 Å². The van der Waals surface area contributed by atoms with E-state index in [1.165, 1.54) is 9.78 Å². The van der Waals surface area contributed by atoms with Crippen LogP contribution >= 0.6 is 11.3 Å². The minimum absolute atomic E-state index is 0.0713.